The van der Waals surface area contributed by atoms with Crippen molar-refractivity contribution in [2.45, 2.75) is 18.8 Å². The Balaban J connectivity index is 1.13. The lowest BCUT2D eigenvalue weighted by molar-refractivity contribution is -0.111. The Morgan fingerprint density at radius 3 is 2.53 bits per heavy atom. The molecule has 2 heterocycles. The van der Waals surface area contributed by atoms with Gasteiger partial charge in [-0.1, -0.05) is 30.3 Å². The van der Waals surface area contributed by atoms with Gasteiger partial charge >= 0.3 is 0 Å². The van der Waals surface area contributed by atoms with Gasteiger partial charge in [-0.05, 0) is 81.4 Å². The average molecular weight is 572 g/mol. The molecule has 9 heteroatoms. The van der Waals surface area contributed by atoms with Crippen LogP contribution in [0.2, 0.25) is 0 Å². The number of aromatic amines is 1. The normalized spacial score (nSPS) is 13.0. The summed E-state index contributed by atoms with van der Waals surface area (Å²) in [4.78, 5) is 39.9. The van der Waals surface area contributed by atoms with Crippen LogP contribution in [0, 0.1) is 0 Å². The van der Waals surface area contributed by atoms with E-state index < -0.39 is 0 Å². The highest BCUT2D eigenvalue weighted by Crippen LogP contribution is 2.45. The summed E-state index contributed by atoms with van der Waals surface area (Å²) >= 11 is 0. The van der Waals surface area contributed by atoms with Gasteiger partial charge in [0, 0.05) is 69.7 Å². The Bertz CT molecular complexity index is 1800. The number of amides is 2. The Kier molecular flexibility index (Phi) is 7.97. The summed E-state index contributed by atoms with van der Waals surface area (Å²) in [6.07, 6.45) is 9.54. The number of carbonyl (C=O) groups is 2. The molecule has 0 radical (unpaired) electrons. The molecule has 0 spiro atoms. The molecule has 43 heavy (non-hydrogen) atoms. The lowest BCUT2D eigenvalue weighted by atomic mass is 10.0. The van der Waals surface area contributed by atoms with Crippen LogP contribution in [0.1, 0.15) is 34.7 Å². The molecule has 0 aliphatic heterocycles. The zero-order chi connectivity index (χ0) is 29.8. The highest BCUT2D eigenvalue weighted by Gasteiger charge is 2.29. The van der Waals surface area contributed by atoms with Crippen molar-refractivity contribution in [3.8, 4) is 11.3 Å². The van der Waals surface area contributed by atoms with Crippen LogP contribution in [-0.2, 0) is 4.79 Å². The second-order valence-corrected chi connectivity index (χ2v) is 10.9. The maximum absolute atomic E-state index is 13.0. The minimum atomic E-state index is -0.257. The number of likely N-dealkylation sites (N-methyl/N-ethyl adjacent to an activating group) is 1. The molecule has 2 amide bonds. The quantitative estimate of drug-likeness (QED) is 0.141. The van der Waals surface area contributed by atoms with E-state index in [4.69, 9.17) is 4.98 Å². The van der Waals surface area contributed by atoms with Crippen molar-refractivity contribution >= 4 is 45.7 Å². The number of aromatic nitrogens is 3. The van der Waals surface area contributed by atoms with Gasteiger partial charge in [0.15, 0.2) is 0 Å². The first-order valence-electron chi connectivity index (χ1n) is 14.3. The molecule has 0 atom stereocenters. The summed E-state index contributed by atoms with van der Waals surface area (Å²) in [5.41, 5.74) is 6.71. The monoisotopic (exact) mass is 571 g/mol. The Labute approximate surface area is 250 Å². The number of carbonyl (C=O) groups excluding carboxylic acids is 2. The van der Waals surface area contributed by atoms with E-state index >= 15 is 0 Å². The topological polar surface area (TPSA) is 115 Å². The van der Waals surface area contributed by atoms with Crippen molar-refractivity contribution in [3.05, 3.63) is 108 Å². The molecule has 1 aliphatic rings. The van der Waals surface area contributed by atoms with E-state index in [0.29, 0.717) is 35.3 Å². The Morgan fingerprint density at radius 1 is 0.953 bits per heavy atom. The number of hydrogen-bond donors (Lipinski definition) is 4. The molecule has 2 aromatic heterocycles. The van der Waals surface area contributed by atoms with Gasteiger partial charge in [-0.25, -0.2) is 9.97 Å². The van der Waals surface area contributed by atoms with E-state index in [0.717, 1.165) is 40.7 Å². The second kappa shape index (κ2) is 12.3. The van der Waals surface area contributed by atoms with Gasteiger partial charge in [0.25, 0.3) is 5.91 Å². The van der Waals surface area contributed by atoms with E-state index in [2.05, 4.69) is 38.1 Å². The van der Waals surface area contributed by atoms with Gasteiger partial charge < -0.3 is 25.8 Å². The van der Waals surface area contributed by atoms with Crippen LogP contribution in [0.5, 0.6) is 0 Å². The summed E-state index contributed by atoms with van der Waals surface area (Å²) < 4.78 is 0. The van der Waals surface area contributed by atoms with Crippen LogP contribution in [0.25, 0.3) is 22.2 Å². The van der Waals surface area contributed by atoms with Crippen molar-refractivity contribution in [2.24, 2.45) is 0 Å². The fraction of sp³-hybridized carbons (Fsp3) is 0.176. The summed E-state index contributed by atoms with van der Waals surface area (Å²) in [5.74, 6) is 0.504. The molecular formula is C34H33N7O2. The summed E-state index contributed by atoms with van der Waals surface area (Å²) in [7, 11) is 3.87. The van der Waals surface area contributed by atoms with Crippen molar-refractivity contribution < 1.29 is 9.59 Å². The predicted molar refractivity (Wildman–Crippen MR) is 172 cm³/mol. The first-order chi connectivity index (χ1) is 20.9. The van der Waals surface area contributed by atoms with Crippen molar-refractivity contribution in [3.63, 3.8) is 0 Å². The first-order valence-corrected chi connectivity index (χ1v) is 14.3. The molecule has 0 saturated heterocycles. The van der Waals surface area contributed by atoms with Gasteiger partial charge in [0.05, 0.1) is 5.69 Å². The molecule has 5 aromatic rings. The molecule has 4 N–H and O–H groups in total. The van der Waals surface area contributed by atoms with Gasteiger partial charge in [0.2, 0.25) is 11.9 Å². The molecule has 1 aliphatic carbocycles. The zero-order valence-electron chi connectivity index (χ0n) is 24.1. The minimum Gasteiger partial charge on any atom is -0.360 e. The summed E-state index contributed by atoms with van der Waals surface area (Å²) in [6, 6.07) is 22.4. The minimum absolute atomic E-state index is 0.219. The van der Waals surface area contributed by atoms with Crippen LogP contribution in [-0.4, -0.2) is 52.3 Å². The van der Waals surface area contributed by atoms with Gasteiger partial charge in [-0.3, -0.25) is 9.59 Å². The predicted octanol–water partition coefficient (Wildman–Crippen LogP) is 6.55. The van der Waals surface area contributed by atoms with E-state index in [1.165, 1.54) is 11.6 Å². The number of hydrogen-bond acceptors (Lipinski definition) is 6. The van der Waals surface area contributed by atoms with Crippen LogP contribution in [0.4, 0.5) is 23.0 Å². The third-order valence-corrected chi connectivity index (χ3v) is 7.21. The van der Waals surface area contributed by atoms with Crippen molar-refractivity contribution in [1.82, 2.24) is 19.9 Å². The van der Waals surface area contributed by atoms with Gasteiger partial charge in [0.1, 0.15) is 0 Å². The first kappa shape index (κ1) is 27.9. The van der Waals surface area contributed by atoms with Crippen molar-refractivity contribution in [1.29, 1.82) is 0 Å². The standard InChI is InChI=1S/C34H33N7O2/c1-41(2)18-6-11-31(42)37-24-16-14-23(15-17-24)33(43)38-25-7-5-8-26(19-25)39-34-36-20-28(22-12-13-22)32(40-34)29-21-35-30-10-4-3-9-27(29)30/h3-11,14-17,19-22,35H,12-13,18H2,1-2H3,(H,37,42)(H,38,43)(H,36,39,40). The number of nitrogens with one attached hydrogen (secondary N) is 4. The van der Waals surface area contributed by atoms with E-state index in [1.807, 2.05) is 67.8 Å². The number of fused-ring (bicyclic) bond motifs is 1. The third kappa shape index (κ3) is 6.79. The highest BCUT2D eigenvalue weighted by molar-refractivity contribution is 6.05. The SMILES string of the molecule is CN(C)CC=CC(=O)Nc1ccc(C(=O)Nc2cccc(Nc3ncc(C4CC4)c(-c4c[nH]c5ccccc45)n3)c2)cc1. The zero-order valence-corrected chi connectivity index (χ0v) is 24.1. The number of H-pyrrole nitrogens is 1. The number of rotatable bonds is 10. The molecule has 1 saturated carbocycles. The lowest BCUT2D eigenvalue weighted by Gasteiger charge is -2.12. The maximum atomic E-state index is 13.0. The molecule has 0 unspecified atom stereocenters. The smallest absolute Gasteiger partial charge is 0.255 e. The lowest BCUT2D eigenvalue weighted by Crippen LogP contribution is -2.13. The van der Waals surface area contributed by atoms with Crippen molar-refractivity contribution in [2.75, 3.05) is 36.6 Å². The fourth-order valence-corrected chi connectivity index (χ4v) is 4.89. The summed E-state index contributed by atoms with van der Waals surface area (Å²) in [5, 5.41) is 10.2. The molecule has 216 valence electrons. The van der Waals surface area contributed by atoms with Gasteiger partial charge in [-0.2, -0.15) is 0 Å². The van der Waals surface area contributed by atoms with Gasteiger partial charge in [-0.15, -0.1) is 0 Å². The Hall–Kier alpha value is -5.28. The highest BCUT2D eigenvalue weighted by atomic mass is 16.2. The second-order valence-electron chi connectivity index (χ2n) is 10.9. The van der Waals surface area contributed by atoms with Crippen LogP contribution in [0.15, 0.2) is 97.3 Å². The Morgan fingerprint density at radius 2 is 1.74 bits per heavy atom. The molecule has 9 nitrogen and oxygen atoms in total. The number of nitrogens with zero attached hydrogens (tertiary/aromatic N) is 3. The third-order valence-electron chi connectivity index (χ3n) is 7.21. The van der Waals surface area contributed by atoms with E-state index in [9.17, 15) is 9.59 Å². The molecule has 3 aromatic carbocycles. The molecule has 6 rings (SSSR count). The molecule has 1 fully saturated rings. The van der Waals surface area contributed by atoms with Crippen LogP contribution >= 0.6 is 0 Å². The fourth-order valence-electron chi connectivity index (χ4n) is 4.89. The molecular weight excluding hydrogens is 538 g/mol. The molecule has 0 bridgehead atoms. The number of para-hydroxylation sites is 1. The summed E-state index contributed by atoms with van der Waals surface area (Å²) in [6.45, 7) is 0.676. The number of benzene rings is 3. The van der Waals surface area contributed by atoms with E-state index in [-0.39, 0.29) is 11.8 Å². The maximum Gasteiger partial charge on any atom is 0.255 e. The van der Waals surface area contributed by atoms with Crippen LogP contribution in [0.3, 0.4) is 0 Å². The van der Waals surface area contributed by atoms with E-state index in [1.54, 1.807) is 30.3 Å². The number of anilines is 4. The average Bonchev–Trinajstić information content (AvgIpc) is 3.75. The largest absolute Gasteiger partial charge is 0.360 e. The van der Waals surface area contributed by atoms with Crippen LogP contribution < -0.4 is 16.0 Å².